The van der Waals surface area contributed by atoms with Crippen LogP contribution >= 0.6 is 0 Å². The Balaban J connectivity index is 2.36. The zero-order chi connectivity index (χ0) is 11.0. The van der Waals surface area contributed by atoms with Gasteiger partial charge in [-0.15, -0.1) is 0 Å². The van der Waals surface area contributed by atoms with E-state index in [2.05, 4.69) is 45.1 Å². The summed E-state index contributed by atoms with van der Waals surface area (Å²) in [5.74, 6) is 1.56. The van der Waals surface area contributed by atoms with Crippen molar-refractivity contribution in [1.82, 2.24) is 0 Å². The lowest BCUT2D eigenvalue weighted by molar-refractivity contribution is 0.393. The highest BCUT2D eigenvalue weighted by Crippen LogP contribution is 2.32. The van der Waals surface area contributed by atoms with Gasteiger partial charge < -0.3 is 5.32 Å². The van der Waals surface area contributed by atoms with Crippen molar-refractivity contribution in [3.63, 3.8) is 0 Å². The minimum absolute atomic E-state index is 0.769. The lowest BCUT2D eigenvalue weighted by atomic mass is 9.83. The first-order chi connectivity index (χ1) is 7.09. The molecule has 1 aromatic rings. The molecule has 1 heterocycles. The quantitative estimate of drug-likeness (QED) is 0.736. The summed E-state index contributed by atoms with van der Waals surface area (Å²) < 4.78 is 0. The molecule has 0 bridgehead atoms. The van der Waals surface area contributed by atoms with Crippen LogP contribution in [0.25, 0.3) is 0 Å². The highest BCUT2D eigenvalue weighted by atomic mass is 14.9. The number of anilines is 1. The summed E-state index contributed by atoms with van der Waals surface area (Å²) in [5.41, 5.74) is 5.76. The van der Waals surface area contributed by atoms with Crippen LogP contribution < -0.4 is 5.32 Å². The fraction of sp³-hybridized carbons (Fsp3) is 0.571. The zero-order valence-electron chi connectivity index (χ0n) is 10.2. The first kappa shape index (κ1) is 10.5. The molecule has 1 aliphatic heterocycles. The second-order valence-corrected chi connectivity index (χ2v) is 5.14. The number of benzene rings is 1. The molecule has 15 heavy (non-hydrogen) atoms. The van der Waals surface area contributed by atoms with Gasteiger partial charge in [0.1, 0.15) is 0 Å². The van der Waals surface area contributed by atoms with Gasteiger partial charge in [-0.25, -0.2) is 0 Å². The summed E-state index contributed by atoms with van der Waals surface area (Å²) in [6.45, 7) is 10.2. The van der Waals surface area contributed by atoms with Gasteiger partial charge in [0, 0.05) is 12.2 Å². The Bertz CT molecular complexity index is 366. The van der Waals surface area contributed by atoms with Crippen molar-refractivity contribution in [2.75, 3.05) is 11.9 Å². The van der Waals surface area contributed by atoms with Crippen LogP contribution in [0, 0.1) is 25.7 Å². The van der Waals surface area contributed by atoms with E-state index in [0.717, 1.165) is 18.4 Å². The smallest absolute Gasteiger partial charge is 0.0405 e. The lowest BCUT2D eigenvalue weighted by Gasteiger charge is -2.31. The molecular weight excluding hydrogens is 182 g/mol. The predicted octanol–water partition coefficient (Wildman–Crippen LogP) is 3.54. The molecule has 0 fully saturated rings. The number of aryl methyl sites for hydroxylation is 2. The summed E-state index contributed by atoms with van der Waals surface area (Å²) in [4.78, 5) is 0. The third kappa shape index (κ3) is 1.88. The SMILES string of the molecule is Cc1ccc(C)c2c1CC(C(C)C)CN2. The second-order valence-electron chi connectivity index (χ2n) is 5.14. The van der Waals surface area contributed by atoms with E-state index in [1.807, 2.05) is 0 Å². The molecule has 2 rings (SSSR count). The molecule has 0 aliphatic carbocycles. The first-order valence-corrected chi connectivity index (χ1v) is 5.92. The van der Waals surface area contributed by atoms with Crippen LogP contribution in [0.3, 0.4) is 0 Å². The van der Waals surface area contributed by atoms with E-state index >= 15 is 0 Å². The van der Waals surface area contributed by atoms with Gasteiger partial charge in [-0.3, -0.25) is 0 Å². The summed E-state index contributed by atoms with van der Waals surface area (Å²) >= 11 is 0. The van der Waals surface area contributed by atoms with E-state index in [4.69, 9.17) is 0 Å². The van der Waals surface area contributed by atoms with Crippen molar-refractivity contribution in [1.29, 1.82) is 0 Å². The van der Waals surface area contributed by atoms with Crippen LogP contribution in [-0.2, 0) is 6.42 Å². The molecule has 0 amide bonds. The highest BCUT2D eigenvalue weighted by Gasteiger charge is 2.22. The minimum atomic E-state index is 0.769. The average Bonchev–Trinajstić information content (AvgIpc) is 2.23. The van der Waals surface area contributed by atoms with Crippen LogP contribution in [0.2, 0.25) is 0 Å². The van der Waals surface area contributed by atoms with Crippen molar-refractivity contribution < 1.29 is 0 Å². The van der Waals surface area contributed by atoms with Gasteiger partial charge in [-0.05, 0) is 48.8 Å². The molecular formula is C14H21N. The first-order valence-electron chi connectivity index (χ1n) is 5.92. The van der Waals surface area contributed by atoms with E-state index < -0.39 is 0 Å². The largest absolute Gasteiger partial charge is 0.384 e. The maximum Gasteiger partial charge on any atom is 0.0405 e. The number of hydrogen-bond acceptors (Lipinski definition) is 1. The molecule has 1 heteroatoms. The molecule has 1 unspecified atom stereocenters. The maximum absolute atomic E-state index is 3.60. The third-order valence-electron chi connectivity index (χ3n) is 3.71. The van der Waals surface area contributed by atoms with Crippen LogP contribution in [0.1, 0.15) is 30.5 Å². The summed E-state index contributed by atoms with van der Waals surface area (Å²) in [6, 6.07) is 4.47. The standard InChI is InChI=1S/C14H21N/c1-9(2)12-7-13-10(3)5-6-11(4)14(13)15-8-12/h5-6,9,12,15H,7-8H2,1-4H3. The Morgan fingerprint density at radius 1 is 1.20 bits per heavy atom. The van der Waals surface area contributed by atoms with Gasteiger partial charge in [0.2, 0.25) is 0 Å². The molecule has 1 nitrogen and oxygen atoms in total. The van der Waals surface area contributed by atoms with E-state index in [9.17, 15) is 0 Å². The molecule has 0 radical (unpaired) electrons. The molecule has 1 aliphatic rings. The van der Waals surface area contributed by atoms with Gasteiger partial charge in [0.15, 0.2) is 0 Å². The molecule has 1 N–H and O–H groups in total. The molecule has 1 atom stereocenters. The number of fused-ring (bicyclic) bond motifs is 1. The second kappa shape index (κ2) is 3.88. The van der Waals surface area contributed by atoms with E-state index in [1.54, 1.807) is 5.56 Å². The Morgan fingerprint density at radius 3 is 2.53 bits per heavy atom. The lowest BCUT2D eigenvalue weighted by Crippen LogP contribution is -2.28. The molecule has 0 spiro atoms. The van der Waals surface area contributed by atoms with Crippen LogP contribution in [0.4, 0.5) is 5.69 Å². The van der Waals surface area contributed by atoms with Crippen LogP contribution in [0.5, 0.6) is 0 Å². The molecule has 0 saturated heterocycles. The maximum atomic E-state index is 3.60. The van der Waals surface area contributed by atoms with Crippen molar-refractivity contribution in [2.45, 2.75) is 34.1 Å². The number of nitrogens with one attached hydrogen (secondary N) is 1. The fourth-order valence-corrected chi connectivity index (χ4v) is 2.42. The summed E-state index contributed by atoms with van der Waals surface area (Å²) in [6.07, 6.45) is 1.24. The third-order valence-corrected chi connectivity index (χ3v) is 3.71. The van der Waals surface area contributed by atoms with Crippen molar-refractivity contribution >= 4 is 5.69 Å². The Labute approximate surface area is 92.9 Å². The molecule has 0 saturated carbocycles. The molecule has 82 valence electrons. The van der Waals surface area contributed by atoms with E-state index in [0.29, 0.717) is 0 Å². The van der Waals surface area contributed by atoms with Crippen molar-refractivity contribution in [3.05, 3.63) is 28.8 Å². The average molecular weight is 203 g/mol. The Morgan fingerprint density at radius 2 is 1.87 bits per heavy atom. The number of rotatable bonds is 1. The van der Waals surface area contributed by atoms with Crippen molar-refractivity contribution in [3.8, 4) is 0 Å². The van der Waals surface area contributed by atoms with Crippen LogP contribution in [0.15, 0.2) is 12.1 Å². The summed E-state index contributed by atoms with van der Waals surface area (Å²) in [7, 11) is 0. The van der Waals surface area contributed by atoms with Gasteiger partial charge in [-0.1, -0.05) is 26.0 Å². The monoisotopic (exact) mass is 203 g/mol. The summed E-state index contributed by atoms with van der Waals surface area (Å²) in [5, 5.41) is 3.60. The van der Waals surface area contributed by atoms with Gasteiger partial charge >= 0.3 is 0 Å². The van der Waals surface area contributed by atoms with E-state index in [1.165, 1.54) is 23.2 Å². The fourth-order valence-electron chi connectivity index (χ4n) is 2.42. The topological polar surface area (TPSA) is 12.0 Å². The normalized spacial score (nSPS) is 19.9. The zero-order valence-corrected chi connectivity index (χ0v) is 10.2. The highest BCUT2D eigenvalue weighted by molar-refractivity contribution is 5.61. The number of hydrogen-bond donors (Lipinski definition) is 1. The van der Waals surface area contributed by atoms with Gasteiger partial charge in [-0.2, -0.15) is 0 Å². The minimum Gasteiger partial charge on any atom is -0.384 e. The Hall–Kier alpha value is -0.980. The van der Waals surface area contributed by atoms with Crippen LogP contribution in [-0.4, -0.2) is 6.54 Å². The molecule has 0 aromatic heterocycles. The van der Waals surface area contributed by atoms with E-state index in [-0.39, 0.29) is 0 Å². The predicted molar refractivity (Wildman–Crippen MR) is 66.4 cm³/mol. The Kier molecular flexibility index (Phi) is 2.72. The van der Waals surface area contributed by atoms with Gasteiger partial charge in [0.05, 0.1) is 0 Å². The molecule has 1 aromatic carbocycles. The van der Waals surface area contributed by atoms with Crippen molar-refractivity contribution in [2.24, 2.45) is 11.8 Å². The van der Waals surface area contributed by atoms with Gasteiger partial charge in [0.25, 0.3) is 0 Å².